The minimum absolute atomic E-state index is 0.308. The molecule has 0 radical (unpaired) electrons. The normalized spacial score (nSPS) is 12.2. The summed E-state index contributed by atoms with van der Waals surface area (Å²) >= 11 is 5.78. The van der Waals surface area contributed by atoms with Crippen molar-refractivity contribution >= 4 is 23.3 Å². The first-order chi connectivity index (χ1) is 7.52. The molecule has 0 spiro atoms. The van der Waals surface area contributed by atoms with Gasteiger partial charge in [-0.3, -0.25) is 0 Å². The van der Waals surface area contributed by atoms with E-state index >= 15 is 0 Å². The quantitative estimate of drug-likeness (QED) is 0.650. The van der Waals surface area contributed by atoms with Crippen LogP contribution < -0.4 is 5.73 Å². The van der Waals surface area contributed by atoms with Crippen molar-refractivity contribution in [2.45, 2.75) is 13.0 Å². The summed E-state index contributed by atoms with van der Waals surface area (Å²) in [6.07, 6.45) is -0.308. The van der Waals surface area contributed by atoms with Crippen LogP contribution in [0, 0.1) is 0 Å². The van der Waals surface area contributed by atoms with Gasteiger partial charge in [-0.2, -0.15) is 0 Å². The van der Waals surface area contributed by atoms with E-state index in [0.29, 0.717) is 22.9 Å². The van der Waals surface area contributed by atoms with Crippen molar-refractivity contribution in [1.82, 2.24) is 0 Å². The predicted octanol–water partition coefficient (Wildman–Crippen LogP) is 2.11. The van der Waals surface area contributed by atoms with E-state index in [4.69, 9.17) is 26.8 Å². The maximum Gasteiger partial charge on any atom is 0.338 e. The summed E-state index contributed by atoms with van der Waals surface area (Å²) in [5, 5.41) is 0.409. The van der Waals surface area contributed by atoms with Gasteiger partial charge in [0, 0.05) is 17.8 Å². The fourth-order valence-electron chi connectivity index (χ4n) is 1.25. The van der Waals surface area contributed by atoms with Crippen molar-refractivity contribution in [2.24, 2.45) is 0 Å². The van der Waals surface area contributed by atoms with Gasteiger partial charge in [-0.1, -0.05) is 11.6 Å². The number of nitrogen functional groups attached to an aromatic ring is 1. The van der Waals surface area contributed by atoms with E-state index in [0.717, 1.165) is 0 Å². The van der Waals surface area contributed by atoms with Crippen molar-refractivity contribution in [3.63, 3.8) is 0 Å². The average molecular weight is 244 g/mol. The van der Waals surface area contributed by atoms with Gasteiger partial charge in [-0.05, 0) is 25.1 Å². The fourth-order valence-corrected chi connectivity index (χ4v) is 1.49. The zero-order chi connectivity index (χ0) is 12.1. The Balaban J connectivity index is 2.72. The first-order valence-electron chi connectivity index (χ1n) is 4.79. The highest BCUT2D eigenvalue weighted by Gasteiger charge is 2.12. The van der Waals surface area contributed by atoms with Crippen molar-refractivity contribution in [2.75, 3.05) is 19.5 Å². The summed E-state index contributed by atoms with van der Waals surface area (Å²) < 4.78 is 9.97. The molecule has 4 nitrogen and oxygen atoms in total. The summed E-state index contributed by atoms with van der Waals surface area (Å²) in [6.45, 7) is 2.09. The molecule has 0 fully saturated rings. The first kappa shape index (κ1) is 12.8. The molecule has 1 rings (SSSR count). The van der Waals surface area contributed by atoms with Crippen LogP contribution in [0.4, 0.5) is 5.69 Å². The van der Waals surface area contributed by atoms with Crippen LogP contribution in [-0.4, -0.2) is 25.8 Å². The van der Waals surface area contributed by atoms with Crippen LogP contribution in [0.3, 0.4) is 0 Å². The zero-order valence-corrected chi connectivity index (χ0v) is 9.95. The molecule has 0 saturated carbocycles. The first-order valence-corrected chi connectivity index (χ1v) is 5.16. The second-order valence-corrected chi connectivity index (χ2v) is 3.88. The maximum atomic E-state index is 11.6. The molecule has 1 aromatic carbocycles. The largest absolute Gasteiger partial charge is 0.457 e. The Morgan fingerprint density at radius 2 is 2.19 bits per heavy atom. The molecule has 0 aliphatic rings. The van der Waals surface area contributed by atoms with E-state index in [2.05, 4.69) is 0 Å². The number of hydrogen-bond donors (Lipinski definition) is 1. The van der Waals surface area contributed by atoms with Crippen LogP contribution in [-0.2, 0) is 9.47 Å². The smallest absolute Gasteiger partial charge is 0.338 e. The Labute approximate surface area is 99.3 Å². The van der Waals surface area contributed by atoms with E-state index in [1.807, 2.05) is 0 Å². The molecule has 16 heavy (non-hydrogen) atoms. The molecule has 0 heterocycles. The molecule has 5 heteroatoms. The van der Waals surface area contributed by atoms with Gasteiger partial charge in [0.15, 0.2) is 0 Å². The minimum Gasteiger partial charge on any atom is -0.457 e. The van der Waals surface area contributed by atoms with Gasteiger partial charge in [0.1, 0.15) is 6.10 Å². The van der Waals surface area contributed by atoms with Crippen LogP contribution in [0.15, 0.2) is 18.2 Å². The van der Waals surface area contributed by atoms with Crippen LogP contribution >= 0.6 is 11.6 Å². The molecule has 0 aliphatic carbocycles. The molecule has 0 aromatic heterocycles. The number of methoxy groups -OCH3 is 1. The molecule has 1 aromatic rings. The molecule has 0 aliphatic heterocycles. The molecule has 2 N–H and O–H groups in total. The standard InChI is InChI=1S/C11H14ClNO3/c1-7(6-15-2)16-11(14)8-3-9(12)5-10(13)4-8/h3-5,7H,6,13H2,1-2H3. The number of nitrogens with two attached hydrogens (primary N) is 1. The van der Waals surface area contributed by atoms with Gasteiger partial charge in [0.25, 0.3) is 0 Å². The van der Waals surface area contributed by atoms with Gasteiger partial charge >= 0.3 is 5.97 Å². The van der Waals surface area contributed by atoms with Crippen LogP contribution in [0.1, 0.15) is 17.3 Å². The number of anilines is 1. The molecule has 0 saturated heterocycles. The average Bonchev–Trinajstić information content (AvgIpc) is 2.16. The Bertz CT molecular complexity index is 361. The second kappa shape index (κ2) is 5.72. The highest BCUT2D eigenvalue weighted by atomic mass is 35.5. The van der Waals surface area contributed by atoms with E-state index in [-0.39, 0.29) is 6.10 Å². The fraction of sp³-hybridized carbons (Fsp3) is 0.364. The third-order valence-corrected chi connectivity index (χ3v) is 2.08. The zero-order valence-electron chi connectivity index (χ0n) is 9.20. The van der Waals surface area contributed by atoms with Crippen molar-refractivity contribution < 1.29 is 14.3 Å². The Kier molecular flexibility index (Phi) is 4.58. The summed E-state index contributed by atoms with van der Waals surface area (Å²) in [5.74, 6) is -0.459. The second-order valence-electron chi connectivity index (χ2n) is 3.44. The van der Waals surface area contributed by atoms with E-state index < -0.39 is 5.97 Å². The van der Waals surface area contributed by atoms with Gasteiger partial charge in [-0.25, -0.2) is 4.79 Å². The lowest BCUT2D eigenvalue weighted by Crippen LogP contribution is -2.19. The number of ether oxygens (including phenoxy) is 2. The van der Waals surface area contributed by atoms with Gasteiger partial charge in [-0.15, -0.1) is 0 Å². The molecule has 0 amide bonds. The predicted molar refractivity (Wildman–Crippen MR) is 62.6 cm³/mol. The number of hydrogen-bond acceptors (Lipinski definition) is 4. The number of halogens is 1. The van der Waals surface area contributed by atoms with E-state index in [1.54, 1.807) is 20.1 Å². The highest BCUT2D eigenvalue weighted by Crippen LogP contribution is 2.17. The summed E-state index contributed by atoms with van der Waals surface area (Å²) in [7, 11) is 1.54. The Hall–Kier alpha value is -1.26. The van der Waals surface area contributed by atoms with Gasteiger partial charge in [0.05, 0.1) is 12.2 Å². The number of esters is 1. The molecular formula is C11H14ClNO3. The summed E-state index contributed by atoms with van der Waals surface area (Å²) in [4.78, 5) is 11.6. The molecule has 0 bridgehead atoms. The monoisotopic (exact) mass is 243 g/mol. The minimum atomic E-state index is -0.459. The van der Waals surface area contributed by atoms with E-state index in [1.165, 1.54) is 12.1 Å². The topological polar surface area (TPSA) is 61.5 Å². The lowest BCUT2D eigenvalue weighted by atomic mass is 10.2. The van der Waals surface area contributed by atoms with Crippen molar-refractivity contribution in [3.8, 4) is 0 Å². The van der Waals surface area contributed by atoms with E-state index in [9.17, 15) is 4.79 Å². The van der Waals surface area contributed by atoms with Gasteiger partial charge in [0.2, 0.25) is 0 Å². The molecule has 1 atom stereocenters. The SMILES string of the molecule is COCC(C)OC(=O)c1cc(N)cc(Cl)c1. The van der Waals surface area contributed by atoms with Gasteiger partial charge < -0.3 is 15.2 Å². The summed E-state index contributed by atoms with van der Waals surface area (Å²) in [5.41, 5.74) is 6.34. The van der Waals surface area contributed by atoms with Crippen molar-refractivity contribution in [1.29, 1.82) is 0 Å². The van der Waals surface area contributed by atoms with Crippen LogP contribution in [0.2, 0.25) is 5.02 Å². The summed E-state index contributed by atoms with van der Waals surface area (Å²) in [6, 6.07) is 4.60. The lowest BCUT2D eigenvalue weighted by molar-refractivity contribution is 0.0120. The third kappa shape index (κ3) is 3.72. The van der Waals surface area contributed by atoms with Crippen molar-refractivity contribution in [3.05, 3.63) is 28.8 Å². The number of benzene rings is 1. The highest BCUT2D eigenvalue weighted by molar-refractivity contribution is 6.31. The van der Waals surface area contributed by atoms with Crippen LogP contribution in [0.5, 0.6) is 0 Å². The van der Waals surface area contributed by atoms with Crippen LogP contribution in [0.25, 0.3) is 0 Å². The number of rotatable bonds is 4. The molecular weight excluding hydrogens is 230 g/mol. The molecule has 1 unspecified atom stereocenters. The Morgan fingerprint density at radius 1 is 1.50 bits per heavy atom. The molecule has 88 valence electrons. The lowest BCUT2D eigenvalue weighted by Gasteiger charge is -2.12. The maximum absolute atomic E-state index is 11.6. The number of carbonyl (C=O) groups is 1. The number of carbonyl (C=O) groups excluding carboxylic acids is 1. The Morgan fingerprint density at radius 3 is 2.75 bits per heavy atom. The third-order valence-electron chi connectivity index (χ3n) is 1.87.